The summed E-state index contributed by atoms with van der Waals surface area (Å²) in [6.07, 6.45) is 5.81. The van der Waals surface area contributed by atoms with E-state index in [2.05, 4.69) is 112 Å². The van der Waals surface area contributed by atoms with Gasteiger partial charge >= 0.3 is 0 Å². The number of allylic oxidation sites excluding steroid dienone is 1. The minimum Gasteiger partial charge on any atom is -0.492 e. The number of carbonyl (C=O) groups excluding carboxylic acids is 4. The number of rotatable bonds is 14. The second-order valence-corrected chi connectivity index (χ2v) is 17.7. The number of halogens is 1. The summed E-state index contributed by atoms with van der Waals surface area (Å²) in [6, 6.07) is 31.6. The smallest absolute Gasteiger partial charge is 0.243 e. The number of imide groups is 1. The van der Waals surface area contributed by atoms with Gasteiger partial charge in [-0.25, -0.2) is 4.39 Å². The van der Waals surface area contributed by atoms with Crippen molar-refractivity contribution in [2.45, 2.75) is 82.6 Å². The number of amides is 2. The number of nitrogens with one attached hydrogen (secondary N) is 1. The fraction of sp³-hybridized carbons (Fsp3) is 0.412. The van der Waals surface area contributed by atoms with E-state index in [0.717, 1.165) is 77.1 Å². The van der Waals surface area contributed by atoms with Crippen LogP contribution in [0.4, 0.5) is 10.1 Å². The largest absolute Gasteiger partial charge is 0.492 e. The first-order valence-corrected chi connectivity index (χ1v) is 22.5. The first-order chi connectivity index (χ1) is 30.3. The standard InChI is InChI=1S/C51H56FN5O5/c1-2-42(35-9-5-3-6-10-35)49(36-11-7-4-8-12-36)37-13-17-41(18-14-37)62-26-25-54-23-21-34(22-24-54)29-55-31-39-15-16-40(32-55)57(39)46-28-43-38(27-44(46)52)30-56(50(43)47(59)33-58)45-19-20-48(60)53-51(45)61/h3-14,17-18,27-28,33-34,39-40,45,50H,2,15-16,19-26,29-32H2,1H3,(H,53,60,61). The molecule has 4 unspecified atom stereocenters. The molecule has 4 fully saturated rings. The van der Waals surface area contributed by atoms with Crippen LogP contribution in [0.1, 0.15) is 85.7 Å². The van der Waals surface area contributed by atoms with E-state index in [9.17, 15) is 19.2 Å². The Morgan fingerprint density at radius 1 is 0.823 bits per heavy atom. The lowest BCUT2D eigenvalue weighted by atomic mass is 9.88. The zero-order chi connectivity index (χ0) is 42.7. The fourth-order valence-corrected chi connectivity index (χ4v) is 10.9. The monoisotopic (exact) mass is 837 g/mol. The molecule has 2 amide bonds. The molecule has 62 heavy (non-hydrogen) atoms. The topological polar surface area (TPSA) is 102 Å². The van der Waals surface area contributed by atoms with Crippen LogP contribution in [0.15, 0.2) is 97.1 Å². The van der Waals surface area contributed by atoms with Gasteiger partial charge in [0.2, 0.25) is 17.6 Å². The second kappa shape index (κ2) is 18.5. The average Bonchev–Trinajstić information content (AvgIpc) is 3.78. The number of carbonyl (C=O) groups is 4. The van der Waals surface area contributed by atoms with Crippen LogP contribution in [0.25, 0.3) is 11.1 Å². The van der Waals surface area contributed by atoms with E-state index in [4.69, 9.17) is 4.74 Å². The fourth-order valence-electron chi connectivity index (χ4n) is 10.9. The van der Waals surface area contributed by atoms with Gasteiger partial charge in [-0.05, 0) is 121 Å². The number of piperidine rings is 2. The van der Waals surface area contributed by atoms with Gasteiger partial charge in [-0.3, -0.25) is 39.2 Å². The molecule has 5 aliphatic rings. The number of nitrogens with zero attached hydrogens (tertiary/aromatic N) is 4. The maximum absolute atomic E-state index is 16.0. The molecule has 4 saturated heterocycles. The summed E-state index contributed by atoms with van der Waals surface area (Å²) < 4.78 is 22.3. The molecular formula is C51H56FN5O5. The maximum atomic E-state index is 16.0. The molecule has 0 spiro atoms. The Bertz CT molecular complexity index is 2300. The molecule has 0 aromatic heterocycles. The number of hydrogen-bond acceptors (Lipinski definition) is 9. The quantitative estimate of drug-likeness (QED) is 0.0619. The molecule has 9 rings (SSSR count). The molecule has 0 aliphatic carbocycles. The first kappa shape index (κ1) is 41.8. The number of anilines is 1. The number of hydrogen-bond donors (Lipinski definition) is 1. The third kappa shape index (κ3) is 8.63. The summed E-state index contributed by atoms with van der Waals surface area (Å²) >= 11 is 0. The third-order valence-electron chi connectivity index (χ3n) is 13.9. The molecular weight excluding hydrogens is 782 g/mol. The highest BCUT2D eigenvalue weighted by molar-refractivity contribution is 6.27. The Balaban J connectivity index is 0.773. The van der Waals surface area contributed by atoms with Gasteiger partial charge in [0.15, 0.2) is 6.29 Å². The molecule has 1 N–H and O–H groups in total. The van der Waals surface area contributed by atoms with Crippen molar-refractivity contribution in [1.29, 1.82) is 0 Å². The van der Waals surface area contributed by atoms with Crippen LogP contribution in [-0.4, -0.2) is 103 Å². The van der Waals surface area contributed by atoms with E-state index in [1.807, 2.05) is 0 Å². The predicted octanol–water partition coefficient (Wildman–Crippen LogP) is 7.07. The summed E-state index contributed by atoms with van der Waals surface area (Å²) in [5, 5.41) is 2.35. The number of piperazine rings is 1. The van der Waals surface area contributed by atoms with Crippen LogP contribution in [0.5, 0.6) is 5.75 Å². The number of aldehydes is 1. The van der Waals surface area contributed by atoms with Crippen LogP contribution in [0.2, 0.25) is 0 Å². The van der Waals surface area contributed by atoms with Crippen molar-refractivity contribution in [3.05, 3.63) is 131 Å². The lowest BCUT2D eigenvalue weighted by Gasteiger charge is -2.44. The molecule has 5 aliphatic heterocycles. The minimum atomic E-state index is -0.982. The normalized spacial score (nSPS) is 23.8. The number of benzene rings is 4. The average molecular weight is 838 g/mol. The van der Waals surface area contributed by atoms with Crippen molar-refractivity contribution in [3.63, 3.8) is 0 Å². The van der Waals surface area contributed by atoms with Crippen LogP contribution < -0.4 is 15.0 Å². The Morgan fingerprint density at radius 3 is 2.13 bits per heavy atom. The van der Waals surface area contributed by atoms with Gasteiger partial charge in [0.25, 0.3) is 0 Å². The Kier molecular flexibility index (Phi) is 12.5. The second-order valence-electron chi connectivity index (χ2n) is 17.7. The highest BCUT2D eigenvalue weighted by atomic mass is 19.1. The number of likely N-dealkylation sites (tertiary alicyclic amines) is 2. The zero-order valence-corrected chi connectivity index (χ0v) is 35.5. The van der Waals surface area contributed by atoms with E-state index in [0.29, 0.717) is 29.3 Å². The van der Waals surface area contributed by atoms with E-state index in [1.54, 1.807) is 11.0 Å². The Morgan fingerprint density at radius 2 is 1.48 bits per heavy atom. The van der Waals surface area contributed by atoms with E-state index >= 15 is 4.39 Å². The molecule has 10 nitrogen and oxygen atoms in total. The van der Waals surface area contributed by atoms with Crippen molar-refractivity contribution < 1.29 is 28.3 Å². The minimum absolute atomic E-state index is 0.147. The molecule has 4 aromatic carbocycles. The number of fused-ring (bicyclic) bond motifs is 3. The molecule has 322 valence electrons. The summed E-state index contributed by atoms with van der Waals surface area (Å²) in [5.41, 5.74) is 7.85. The third-order valence-corrected chi connectivity index (χ3v) is 13.9. The SMILES string of the molecule is CCC(=C(c1ccccc1)c1ccc(OCCN2CCC(CN3CC4CCC(C3)N4c3cc4c(cc3F)CN(C3CCC(=O)NC3=O)C4C(=O)C=O)CC2)cc1)c1ccccc1. The lowest BCUT2D eigenvalue weighted by Crippen LogP contribution is -2.55. The molecule has 11 heteroatoms. The van der Waals surface area contributed by atoms with Crippen LogP contribution in [0.3, 0.4) is 0 Å². The lowest BCUT2D eigenvalue weighted by molar-refractivity contribution is -0.141. The van der Waals surface area contributed by atoms with Crippen molar-refractivity contribution in [2.24, 2.45) is 5.92 Å². The number of ether oxygens (including phenoxy) is 1. The van der Waals surface area contributed by atoms with Crippen LogP contribution in [-0.2, 0) is 25.7 Å². The molecule has 4 aromatic rings. The summed E-state index contributed by atoms with van der Waals surface area (Å²) in [7, 11) is 0. The van der Waals surface area contributed by atoms with E-state index in [-0.39, 0.29) is 49.5 Å². The predicted molar refractivity (Wildman–Crippen MR) is 238 cm³/mol. The van der Waals surface area contributed by atoms with Gasteiger partial charge in [0.05, 0.1) is 11.7 Å². The number of ketones is 1. The summed E-state index contributed by atoms with van der Waals surface area (Å²) in [4.78, 5) is 58.5. The van der Waals surface area contributed by atoms with Gasteiger partial charge in [-0.1, -0.05) is 79.7 Å². The van der Waals surface area contributed by atoms with Gasteiger partial charge in [0, 0.05) is 51.2 Å². The highest BCUT2D eigenvalue weighted by Crippen LogP contribution is 2.44. The van der Waals surface area contributed by atoms with Crippen molar-refractivity contribution in [3.8, 4) is 5.75 Å². The number of Topliss-reactive ketones (excluding diaryl/α,β-unsaturated/α-hetero) is 1. The summed E-state index contributed by atoms with van der Waals surface area (Å²) in [6.45, 7) is 8.73. The van der Waals surface area contributed by atoms with Crippen molar-refractivity contribution >= 4 is 40.7 Å². The maximum Gasteiger partial charge on any atom is 0.243 e. The van der Waals surface area contributed by atoms with Crippen molar-refractivity contribution in [1.82, 2.24) is 20.0 Å². The van der Waals surface area contributed by atoms with Crippen molar-refractivity contribution in [2.75, 3.05) is 50.8 Å². The summed E-state index contributed by atoms with van der Waals surface area (Å²) in [5.74, 6) is -0.370. The molecule has 5 heterocycles. The van der Waals surface area contributed by atoms with Gasteiger partial charge in [-0.15, -0.1) is 0 Å². The first-order valence-electron chi connectivity index (χ1n) is 22.5. The van der Waals surface area contributed by atoms with Crippen LogP contribution >= 0.6 is 0 Å². The zero-order valence-electron chi connectivity index (χ0n) is 35.5. The van der Waals surface area contributed by atoms with E-state index < -0.39 is 23.8 Å². The van der Waals surface area contributed by atoms with Gasteiger partial charge in [0.1, 0.15) is 24.2 Å². The Labute approximate surface area is 363 Å². The van der Waals surface area contributed by atoms with Gasteiger partial charge in [-0.2, -0.15) is 0 Å². The highest BCUT2D eigenvalue weighted by Gasteiger charge is 2.46. The molecule has 2 bridgehead atoms. The van der Waals surface area contributed by atoms with Gasteiger partial charge < -0.3 is 9.64 Å². The molecule has 0 radical (unpaired) electrons. The molecule has 0 saturated carbocycles. The van der Waals surface area contributed by atoms with E-state index in [1.165, 1.54) is 33.9 Å². The Hall–Kier alpha value is -5.49. The molecule has 4 atom stereocenters. The van der Waals surface area contributed by atoms with Crippen LogP contribution in [0, 0.1) is 11.7 Å².